The number of hydrogen-bond acceptors (Lipinski definition) is 2. The van der Waals surface area contributed by atoms with Crippen molar-refractivity contribution in [2.75, 3.05) is 20.7 Å². The Morgan fingerprint density at radius 2 is 1.83 bits per heavy atom. The lowest BCUT2D eigenvalue weighted by atomic mass is 10.3. The summed E-state index contributed by atoms with van der Waals surface area (Å²) in [5.74, 6) is 0. The van der Waals surface area contributed by atoms with Crippen molar-refractivity contribution in [3.63, 3.8) is 0 Å². The lowest BCUT2D eigenvalue weighted by Gasteiger charge is -2.19. The van der Waals surface area contributed by atoms with E-state index in [1.54, 1.807) is 0 Å². The molecular weight excluding hydrogens is 174 g/mol. The summed E-state index contributed by atoms with van der Waals surface area (Å²) in [7, 11) is 4.06. The van der Waals surface area contributed by atoms with Gasteiger partial charge in [-0.05, 0) is 27.4 Å². The summed E-state index contributed by atoms with van der Waals surface area (Å²) < 4.78 is 5.53. The van der Waals surface area contributed by atoms with Gasteiger partial charge in [-0.1, -0.05) is 19.8 Å². The van der Waals surface area contributed by atoms with Crippen LogP contribution in [0, 0.1) is 0 Å². The molecular formula is C9H22ClNO. The van der Waals surface area contributed by atoms with E-state index in [4.69, 9.17) is 4.74 Å². The van der Waals surface area contributed by atoms with Crippen molar-refractivity contribution in [3.05, 3.63) is 0 Å². The minimum atomic E-state index is 0. The zero-order valence-corrected chi connectivity index (χ0v) is 9.49. The maximum atomic E-state index is 5.53. The highest BCUT2D eigenvalue weighted by atomic mass is 35.5. The van der Waals surface area contributed by atoms with E-state index in [-0.39, 0.29) is 18.6 Å². The van der Waals surface area contributed by atoms with E-state index < -0.39 is 0 Å². The molecule has 0 saturated carbocycles. The van der Waals surface area contributed by atoms with E-state index in [1.165, 1.54) is 19.3 Å². The maximum absolute atomic E-state index is 5.53. The molecule has 12 heavy (non-hydrogen) atoms. The van der Waals surface area contributed by atoms with Gasteiger partial charge in [0.1, 0.15) is 6.23 Å². The normalized spacial score (nSPS) is 12.8. The smallest absolute Gasteiger partial charge is 0.107 e. The van der Waals surface area contributed by atoms with Crippen molar-refractivity contribution in [1.29, 1.82) is 0 Å². The highest BCUT2D eigenvalue weighted by molar-refractivity contribution is 5.85. The monoisotopic (exact) mass is 195 g/mol. The fourth-order valence-corrected chi connectivity index (χ4v) is 0.755. The van der Waals surface area contributed by atoms with Crippen LogP contribution in [0.1, 0.15) is 33.1 Å². The summed E-state index contributed by atoms with van der Waals surface area (Å²) in [6.45, 7) is 5.18. The van der Waals surface area contributed by atoms with Gasteiger partial charge in [-0.25, -0.2) is 0 Å². The van der Waals surface area contributed by atoms with Crippen molar-refractivity contribution in [2.45, 2.75) is 39.3 Å². The molecule has 0 amide bonds. The highest BCUT2D eigenvalue weighted by Gasteiger charge is 2.02. The van der Waals surface area contributed by atoms with Crippen LogP contribution in [0.15, 0.2) is 0 Å². The van der Waals surface area contributed by atoms with Gasteiger partial charge in [0.2, 0.25) is 0 Å². The third-order valence-electron chi connectivity index (χ3n) is 1.83. The Hall–Kier alpha value is 0.210. The van der Waals surface area contributed by atoms with Crippen molar-refractivity contribution in [3.8, 4) is 0 Å². The molecule has 0 N–H and O–H groups in total. The molecule has 0 aliphatic carbocycles. The molecule has 76 valence electrons. The van der Waals surface area contributed by atoms with Crippen LogP contribution in [-0.4, -0.2) is 31.8 Å². The van der Waals surface area contributed by atoms with Crippen LogP contribution in [0.5, 0.6) is 0 Å². The van der Waals surface area contributed by atoms with Crippen LogP contribution in [-0.2, 0) is 4.74 Å². The molecule has 3 heteroatoms. The van der Waals surface area contributed by atoms with Gasteiger partial charge in [0.15, 0.2) is 0 Å². The van der Waals surface area contributed by atoms with Crippen LogP contribution in [0.4, 0.5) is 0 Å². The van der Waals surface area contributed by atoms with E-state index in [0.717, 1.165) is 6.61 Å². The second-order valence-corrected chi connectivity index (χ2v) is 3.14. The number of nitrogens with zero attached hydrogens (tertiary/aromatic N) is 1. The Bertz CT molecular complexity index is 88.6. The molecule has 0 fully saturated rings. The molecule has 1 atom stereocenters. The summed E-state index contributed by atoms with van der Waals surface area (Å²) in [6, 6.07) is 0. The molecule has 0 radical (unpaired) electrons. The first-order valence-electron chi connectivity index (χ1n) is 4.46. The molecule has 0 aliphatic rings. The van der Waals surface area contributed by atoms with Crippen molar-refractivity contribution >= 4 is 12.4 Å². The van der Waals surface area contributed by atoms with Crippen molar-refractivity contribution in [2.24, 2.45) is 0 Å². The average Bonchev–Trinajstić information content (AvgIpc) is 1.97. The predicted octanol–water partition coefficient (Wildman–Crippen LogP) is 2.52. The van der Waals surface area contributed by atoms with Gasteiger partial charge >= 0.3 is 0 Å². The van der Waals surface area contributed by atoms with Gasteiger partial charge in [0.25, 0.3) is 0 Å². The topological polar surface area (TPSA) is 12.5 Å². The molecule has 0 heterocycles. The molecule has 0 saturated heterocycles. The zero-order chi connectivity index (χ0) is 8.69. The summed E-state index contributed by atoms with van der Waals surface area (Å²) in [5, 5.41) is 0. The van der Waals surface area contributed by atoms with Gasteiger partial charge in [-0.15, -0.1) is 12.4 Å². The SMILES string of the molecule is CCCCCOC(C)N(C)C.Cl. The first kappa shape index (κ1) is 14.7. The molecule has 1 unspecified atom stereocenters. The third kappa shape index (κ3) is 8.31. The minimum absolute atomic E-state index is 0. The fourth-order valence-electron chi connectivity index (χ4n) is 0.755. The van der Waals surface area contributed by atoms with Gasteiger partial charge in [-0.3, -0.25) is 4.90 Å². The highest BCUT2D eigenvalue weighted by Crippen LogP contribution is 1.98. The van der Waals surface area contributed by atoms with Crippen LogP contribution in [0.25, 0.3) is 0 Å². The van der Waals surface area contributed by atoms with Crippen LogP contribution >= 0.6 is 12.4 Å². The molecule has 0 aromatic carbocycles. The molecule has 2 nitrogen and oxygen atoms in total. The van der Waals surface area contributed by atoms with Crippen LogP contribution in [0.2, 0.25) is 0 Å². The van der Waals surface area contributed by atoms with E-state index in [2.05, 4.69) is 18.7 Å². The Kier molecular flexibility index (Phi) is 11.4. The summed E-state index contributed by atoms with van der Waals surface area (Å²) >= 11 is 0. The molecule has 0 aliphatic heterocycles. The summed E-state index contributed by atoms with van der Waals surface area (Å²) in [4.78, 5) is 2.08. The van der Waals surface area contributed by atoms with Gasteiger partial charge in [-0.2, -0.15) is 0 Å². The third-order valence-corrected chi connectivity index (χ3v) is 1.83. The van der Waals surface area contributed by atoms with Crippen molar-refractivity contribution < 1.29 is 4.74 Å². The van der Waals surface area contributed by atoms with Gasteiger partial charge < -0.3 is 4.74 Å². The lowest BCUT2D eigenvalue weighted by molar-refractivity contribution is -0.0239. The minimum Gasteiger partial charge on any atom is -0.363 e. The van der Waals surface area contributed by atoms with E-state index >= 15 is 0 Å². The molecule has 0 aromatic rings. The van der Waals surface area contributed by atoms with Gasteiger partial charge in [0.05, 0.1) is 0 Å². The maximum Gasteiger partial charge on any atom is 0.107 e. The Morgan fingerprint density at radius 3 is 2.25 bits per heavy atom. The summed E-state index contributed by atoms with van der Waals surface area (Å²) in [5.41, 5.74) is 0. The fraction of sp³-hybridized carbons (Fsp3) is 1.00. The number of hydrogen-bond donors (Lipinski definition) is 0. The Balaban J connectivity index is 0. The molecule has 0 bridgehead atoms. The Morgan fingerprint density at radius 1 is 1.25 bits per heavy atom. The quantitative estimate of drug-likeness (QED) is 0.477. The standard InChI is InChI=1S/C9H21NO.ClH/c1-5-6-7-8-11-9(2)10(3)4;/h9H,5-8H2,1-4H3;1H. The molecule has 0 aromatic heterocycles. The second-order valence-electron chi connectivity index (χ2n) is 3.14. The first-order chi connectivity index (χ1) is 5.18. The number of ether oxygens (including phenoxy) is 1. The van der Waals surface area contributed by atoms with E-state index in [9.17, 15) is 0 Å². The summed E-state index contributed by atoms with van der Waals surface area (Å²) in [6.07, 6.45) is 3.99. The largest absolute Gasteiger partial charge is 0.363 e. The molecule has 0 rings (SSSR count). The molecule has 0 spiro atoms. The Labute approximate surface area is 82.7 Å². The van der Waals surface area contributed by atoms with Crippen LogP contribution in [0.3, 0.4) is 0 Å². The first-order valence-corrected chi connectivity index (χ1v) is 4.46. The average molecular weight is 196 g/mol. The van der Waals surface area contributed by atoms with E-state index in [1.807, 2.05) is 14.1 Å². The predicted molar refractivity (Wildman–Crippen MR) is 55.9 cm³/mol. The number of unbranched alkanes of at least 4 members (excludes halogenated alkanes) is 2. The zero-order valence-electron chi connectivity index (χ0n) is 8.67. The van der Waals surface area contributed by atoms with E-state index in [0.29, 0.717) is 0 Å². The second kappa shape index (κ2) is 9.30. The number of rotatable bonds is 6. The number of halogens is 1. The lowest BCUT2D eigenvalue weighted by Crippen LogP contribution is -2.27. The van der Waals surface area contributed by atoms with Crippen LogP contribution < -0.4 is 0 Å². The van der Waals surface area contributed by atoms with Gasteiger partial charge in [0, 0.05) is 6.61 Å². The van der Waals surface area contributed by atoms with Crippen molar-refractivity contribution in [1.82, 2.24) is 4.90 Å².